The zero-order chi connectivity index (χ0) is 23.5. The van der Waals surface area contributed by atoms with Gasteiger partial charge in [0.1, 0.15) is 29.7 Å². The first-order valence-corrected chi connectivity index (χ1v) is 11.7. The van der Waals surface area contributed by atoms with Crippen LogP contribution in [0.5, 0.6) is 0 Å². The lowest BCUT2D eigenvalue weighted by molar-refractivity contribution is -0.110. The van der Waals surface area contributed by atoms with Crippen LogP contribution in [0, 0.1) is 5.41 Å². The van der Waals surface area contributed by atoms with Gasteiger partial charge in [0.05, 0.1) is 27.0 Å². The van der Waals surface area contributed by atoms with Gasteiger partial charge in [0.25, 0.3) is 0 Å². The van der Waals surface area contributed by atoms with E-state index in [0.717, 1.165) is 32.7 Å². The van der Waals surface area contributed by atoms with Crippen molar-refractivity contribution < 1.29 is 10.2 Å². The molecule has 172 valence electrons. The van der Waals surface area contributed by atoms with Crippen molar-refractivity contribution in [3.05, 3.63) is 52.9 Å². The van der Waals surface area contributed by atoms with Gasteiger partial charge in [-0.15, -0.1) is 0 Å². The first-order valence-electron chi connectivity index (χ1n) is 10.9. The fourth-order valence-corrected chi connectivity index (χ4v) is 5.49. The average molecular weight is 511 g/mol. The van der Waals surface area contributed by atoms with Gasteiger partial charge in [0.2, 0.25) is 0 Å². The highest BCUT2D eigenvalue weighted by Gasteiger charge is 2.58. The summed E-state index contributed by atoms with van der Waals surface area (Å²) in [6.45, 7) is 3.77. The van der Waals surface area contributed by atoms with Gasteiger partial charge in [0, 0.05) is 17.0 Å². The van der Waals surface area contributed by atoms with E-state index in [2.05, 4.69) is 36.9 Å². The van der Waals surface area contributed by atoms with E-state index in [0.29, 0.717) is 30.1 Å². The number of hydrogen-bond donors (Lipinski definition) is 4. The number of rotatable bonds is 4. The van der Waals surface area contributed by atoms with Gasteiger partial charge in [-0.2, -0.15) is 0 Å². The van der Waals surface area contributed by atoms with Crippen LogP contribution in [0.15, 0.2) is 47.3 Å². The van der Waals surface area contributed by atoms with Crippen molar-refractivity contribution in [1.29, 1.82) is 0 Å². The number of aromatic nitrogens is 4. The molecule has 1 aromatic carbocycles. The molecule has 1 aliphatic rings. The van der Waals surface area contributed by atoms with Crippen LogP contribution in [0.4, 0.5) is 11.6 Å². The Kier molecular flexibility index (Phi) is 5.11. The minimum atomic E-state index is -1.28. The first-order chi connectivity index (χ1) is 15.6. The number of fused-ring (bicyclic) bond motifs is 2. The van der Waals surface area contributed by atoms with Crippen LogP contribution in [0.2, 0.25) is 0 Å². The van der Waals surface area contributed by atoms with Gasteiger partial charge in [-0.1, -0.05) is 19.1 Å². The molecule has 0 spiro atoms. The van der Waals surface area contributed by atoms with E-state index in [1.807, 2.05) is 42.0 Å². The second kappa shape index (κ2) is 7.65. The summed E-state index contributed by atoms with van der Waals surface area (Å²) in [4.78, 5) is 12.9. The predicted octanol–water partition coefficient (Wildman–Crippen LogP) is 3.60. The Balaban J connectivity index is 1.42. The third-order valence-electron chi connectivity index (χ3n) is 7.55. The molecule has 0 bridgehead atoms. The van der Waals surface area contributed by atoms with E-state index in [4.69, 9.17) is 11.5 Å². The van der Waals surface area contributed by atoms with Gasteiger partial charge in [-0.05, 0) is 65.9 Å². The molecule has 3 heterocycles. The van der Waals surface area contributed by atoms with E-state index in [1.54, 1.807) is 6.92 Å². The van der Waals surface area contributed by atoms with E-state index in [-0.39, 0.29) is 6.04 Å². The van der Waals surface area contributed by atoms with Gasteiger partial charge < -0.3 is 26.2 Å². The van der Waals surface area contributed by atoms with Crippen LogP contribution in [0.3, 0.4) is 0 Å². The Morgan fingerprint density at radius 2 is 1.94 bits per heavy atom. The highest BCUT2D eigenvalue weighted by molar-refractivity contribution is 9.10. The monoisotopic (exact) mass is 510 g/mol. The minimum Gasteiger partial charge on any atom is -0.388 e. The van der Waals surface area contributed by atoms with Crippen molar-refractivity contribution in [3.63, 3.8) is 0 Å². The number of aliphatic hydroxyl groups is 2. The van der Waals surface area contributed by atoms with Crippen LogP contribution < -0.4 is 11.5 Å². The third-order valence-corrected chi connectivity index (χ3v) is 8.18. The summed E-state index contributed by atoms with van der Waals surface area (Å²) < 4.78 is 2.69. The molecule has 4 aromatic rings. The molecule has 0 aliphatic heterocycles. The van der Waals surface area contributed by atoms with Crippen molar-refractivity contribution in [2.75, 3.05) is 11.5 Å². The maximum absolute atomic E-state index is 11.4. The fourth-order valence-electron chi connectivity index (χ4n) is 5.15. The standard InChI is InChI=1S/C24H27BrN6O2/c1-23(7-5-13-3-4-14-10-16(25)21(27)30-17(14)9-13)11-18(19(32)24(23,2)33)31-8-6-15-20(26)28-12-29-22(15)31/h3-4,6,8-10,12,18-19,32-33H,5,7,11H2,1-2H3,(H2,27,30)(H2,26,28,29)/t18-,19+,23+,24+/m1/s1. The zero-order valence-electron chi connectivity index (χ0n) is 18.5. The number of aryl methyl sites for hydroxylation is 1. The molecule has 33 heavy (non-hydrogen) atoms. The minimum absolute atomic E-state index is 0.327. The van der Waals surface area contributed by atoms with Gasteiger partial charge >= 0.3 is 0 Å². The molecule has 3 aromatic heterocycles. The molecule has 9 heteroatoms. The SMILES string of the molecule is C[C@]1(CCc2ccc3cc(Br)c(N)nc3c2)C[C@@H](n2ccc3c(N)ncnc32)[C@H](O)[C@]1(C)O. The third kappa shape index (κ3) is 3.46. The normalized spacial score (nSPS) is 27.5. The molecular weight excluding hydrogens is 484 g/mol. The van der Waals surface area contributed by atoms with Crippen molar-refractivity contribution in [2.45, 2.75) is 50.9 Å². The Hall–Kier alpha value is -2.75. The number of benzene rings is 1. The molecule has 1 fully saturated rings. The number of pyridine rings is 1. The van der Waals surface area contributed by atoms with Crippen molar-refractivity contribution >= 4 is 49.5 Å². The highest BCUT2D eigenvalue weighted by Crippen LogP contribution is 2.54. The van der Waals surface area contributed by atoms with Gasteiger partial charge in [-0.25, -0.2) is 15.0 Å². The molecule has 0 unspecified atom stereocenters. The number of aliphatic hydroxyl groups excluding tert-OH is 1. The predicted molar refractivity (Wildman–Crippen MR) is 133 cm³/mol. The lowest BCUT2D eigenvalue weighted by Crippen LogP contribution is -2.47. The van der Waals surface area contributed by atoms with E-state index < -0.39 is 17.1 Å². The Morgan fingerprint density at radius 3 is 2.73 bits per heavy atom. The number of nitrogens with zero attached hydrogens (tertiary/aromatic N) is 4. The quantitative estimate of drug-likeness (QED) is 0.329. The first kappa shape index (κ1) is 22.1. The molecule has 4 atom stereocenters. The Labute approximate surface area is 199 Å². The number of hydrogen-bond acceptors (Lipinski definition) is 7. The zero-order valence-corrected chi connectivity index (χ0v) is 20.1. The lowest BCUT2D eigenvalue weighted by Gasteiger charge is -2.38. The van der Waals surface area contributed by atoms with E-state index >= 15 is 0 Å². The molecule has 0 amide bonds. The molecule has 8 nitrogen and oxygen atoms in total. The van der Waals surface area contributed by atoms with Crippen LogP contribution in [-0.4, -0.2) is 41.4 Å². The molecule has 0 radical (unpaired) electrons. The smallest absolute Gasteiger partial charge is 0.145 e. The maximum atomic E-state index is 11.4. The lowest BCUT2D eigenvalue weighted by atomic mass is 9.72. The highest BCUT2D eigenvalue weighted by atomic mass is 79.9. The number of nitrogens with two attached hydrogens (primary N) is 2. The summed E-state index contributed by atoms with van der Waals surface area (Å²) in [5.41, 5.74) is 12.8. The Bertz CT molecular complexity index is 1370. The molecular formula is C24H27BrN6O2. The van der Waals surface area contributed by atoms with Crippen molar-refractivity contribution in [2.24, 2.45) is 5.41 Å². The second-order valence-corrected chi connectivity index (χ2v) is 10.4. The Morgan fingerprint density at radius 1 is 1.15 bits per heavy atom. The topological polar surface area (TPSA) is 136 Å². The molecule has 1 saturated carbocycles. The average Bonchev–Trinajstić information content (AvgIpc) is 3.28. The fraction of sp³-hybridized carbons (Fsp3) is 0.375. The summed E-state index contributed by atoms with van der Waals surface area (Å²) in [6.07, 6.45) is 4.36. The molecule has 6 N–H and O–H groups in total. The van der Waals surface area contributed by atoms with E-state index in [9.17, 15) is 10.2 Å². The van der Waals surface area contributed by atoms with Crippen LogP contribution >= 0.6 is 15.9 Å². The number of anilines is 2. The summed E-state index contributed by atoms with van der Waals surface area (Å²) in [6, 6.07) is 9.64. The number of halogens is 1. The van der Waals surface area contributed by atoms with Crippen LogP contribution in [-0.2, 0) is 6.42 Å². The summed E-state index contributed by atoms with van der Waals surface area (Å²) in [5, 5.41) is 24.4. The molecule has 5 rings (SSSR count). The largest absolute Gasteiger partial charge is 0.388 e. The van der Waals surface area contributed by atoms with Crippen molar-refractivity contribution in [1.82, 2.24) is 19.5 Å². The van der Waals surface area contributed by atoms with Gasteiger partial charge in [-0.3, -0.25) is 0 Å². The van der Waals surface area contributed by atoms with Crippen LogP contribution in [0.25, 0.3) is 21.9 Å². The van der Waals surface area contributed by atoms with Gasteiger partial charge in [0.15, 0.2) is 0 Å². The van der Waals surface area contributed by atoms with Crippen molar-refractivity contribution in [3.8, 4) is 0 Å². The summed E-state index contributed by atoms with van der Waals surface area (Å²) >= 11 is 3.42. The molecule has 0 saturated heterocycles. The van der Waals surface area contributed by atoms with E-state index in [1.165, 1.54) is 6.33 Å². The summed E-state index contributed by atoms with van der Waals surface area (Å²) in [7, 11) is 0. The van der Waals surface area contributed by atoms with Crippen LogP contribution in [0.1, 0.15) is 38.3 Å². The summed E-state index contributed by atoms with van der Waals surface area (Å²) in [5.74, 6) is 0.859. The maximum Gasteiger partial charge on any atom is 0.145 e. The number of nitrogen functional groups attached to an aromatic ring is 2. The second-order valence-electron chi connectivity index (χ2n) is 9.53. The molecule has 1 aliphatic carbocycles.